The highest BCUT2D eigenvalue weighted by molar-refractivity contribution is 6.30. The van der Waals surface area contributed by atoms with Crippen molar-refractivity contribution >= 4 is 23.2 Å². The molecule has 2 aliphatic heterocycles. The lowest BCUT2D eigenvalue weighted by Crippen LogP contribution is -2.52. The largest absolute Gasteiger partial charge is 0.363 e. The highest BCUT2D eigenvalue weighted by Gasteiger charge is 2.45. The van der Waals surface area contributed by atoms with Crippen LogP contribution in [0.4, 0.5) is 0 Å². The van der Waals surface area contributed by atoms with E-state index in [1.165, 1.54) is 0 Å². The maximum atomic E-state index is 12.5. The Balaban J connectivity index is 1.68. The molecule has 24 heavy (non-hydrogen) atoms. The van der Waals surface area contributed by atoms with Crippen molar-refractivity contribution in [3.05, 3.63) is 76.8 Å². The molecule has 2 heterocycles. The molecule has 1 saturated heterocycles. The quantitative estimate of drug-likeness (QED) is 0.782. The van der Waals surface area contributed by atoms with Gasteiger partial charge in [-0.1, -0.05) is 54.1 Å². The molecule has 3 unspecified atom stereocenters. The standard InChI is InChI=1S/C18H17ClN4O/c19-13-8-6-11(7-9-13)14-10-15(24)23-18(21-14)16(17(20)22-23)12-4-2-1-3-5-12/h1-10,16-18,21-22H,20H2. The number of rotatable bonds is 2. The third-order valence-corrected chi connectivity index (χ3v) is 4.69. The molecule has 1 fully saturated rings. The minimum absolute atomic E-state index is 0.0499. The summed E-state index contributed by atoms with van der Waals surface area (Å²) in [6, 6.07) is 17.4. The number of halogens is 1. The Hall–Kier alpha value is -2.34. The van der Waals surface area contributed by atoms with Gasteiger partial charge in [-0.25, -0.2) is 10.4 Å². The second kappa shape index (κ2) is 5.94. The van der Waals surface area contributed by atoms with Gasteiger partial charge in [0.25, 0.3) is 5.91 Å². The van der Waals surface area contributed by atoms with Crippen molar-refractivity contribution in [3.8, 4) is 0 Å². The first-order chi connectivity index (χ1) is 11.6. The second-order valence-electron chi connectivity index (χ2n) is 5.95. The van der Waals surface area contributed by atoms with E-state index in [9.17, 15) is 4.79 Å². The topological polar surface area (TPSA) is 70.4 Å². The molecule has 2 aromatic rings. The lowest BCUT2D eigenvalue weighted by atomic mass is 9.93. The number of carbonyl (C=O) groups excluding carboxylic acids is 1. The number of amides is 1. The molecule has 3 atom stereocenters. The smallest absolute Gasteiger partial charge is 0.264 e. The summed E-state index contributed by atoms with van der Waals surface area (Å²) in [7, 11) is 0. The van der Waals surface area contributed by atoms with Gasteiger partial charge in [-0.2, -0.15) is 0 Å². The van der Waals surface area contributed by atoms with Gasteiger partial charge in [-0.05, 0) is 23.3 Å². The van der Waals surface area contributed by atoms with Crippen LogP contribution in [0.2, 0.25) is 5.02 Å². The lowest BCUT2D eigenvalue weighted by Gasteiger charge is -2.33. The van der Waals surface area contributed by atoms with E-state index in [4.69, 9.17) is 17.3 Å². The molecule has 0 aromatic heterocycles. The van der Waals surface area contributed by atoms with Gasteiger partial charge in [0, 0.05) is 16.8 Å². The van der Waals surface area contributed by atoms with E-state index in [0.717, 1.165) is 16.8 Å². The van der Waals surface area contributed by atoms with Crippen molar-refractivity contribution in [2.24, 2.45) is 5.73 Å². The van der Waals surface area contributed by atoms with Gasteiger partial charge in [0.15, 0.2) is 0 Å². The number of benzene rings is 2. The van der Waals surface area contributed by atoms with Gasteiger partial charge in [0.1, 0.15) is 6.17 Å². The second-order valence-corrected chi connectivity index (χ2v) is 6.39. The van der Waals surface area contributed by atoms with Gasteiger partial charge in [0.2, 0.25) is 0 Å². The Morgan fingerprint density at radius 3 is 2.46 bits per heavy atom. The minimum Gasteiger partial charge on any atom is -0.363 e. The van der Waals surface area contributed by atoms with E-state index in [0.29, 0.717) is 5.02 Å². The Morgan fingerprint density at radius 1 is 1.04 bits per heavy atom. The molecule has 4 rings (SSSR count). The fourth-order valence-electron chi connectivity index (χ4n) is 3.29. The molecule has 2 aliphatic rings. The summed E-state index contributed by atoms with van der Waals surface area (Å²) in [5.74, 6) is -0.163. The van der Waals surface area contributed by atoms with Crippen LogP contribution < -0.4 is 16.5 Å². The SMILES string of the molecule is NC1NN2C(=O)C=C(c3ccc(Cl)cc3)NC2C1c1ccccc1. The van der Waals surface area contributed by atoms with E-state index in [1.807, 2.05) is 54.6 Å². The van der Waals surface area contributed by atoms with E-state index < -0.39 is 0 Å². The van der Waals surface area contributed by atoms with Crippen molar-refractivity contribution in [1.29, 1.82) is 0 Å². The number of fused-ring (bicyclic) bond motifs is 1. The van der Waals surface area contributed by atoms with Crippen LogP contribution in [-0.4, -0.2) is 23.2 Å². The van der Waals surface area contributed by atoms with E-state index in [2.05, 4.69) is 10.7 Å². The van der Waals surface area contributed by atoms with Gasteiger partial charge in [-0.3, -0.25) is 4.79 Å². The van der Waals surface area contributed by atoms with Gasteiger partial charge < -0.3 is 11.1 Å². The molecule has 0 saturated carbocycles. The number of nitrogens with one attached hydrogen (secondary N) is 2. The number of carbonyl (C=O) groups is 1. The molecular formula is C18H17ClN4O. The highest BCUT2D eigenvalue weighted by atomic mass is 35.5. The molecule has 0 spiro atoms. The van der Waals surface area contributed by atoms with Crippen LogP contribution in [0.5, 0.6) is 0 Å². The third-order valence-electron chi connectivity index (χ3n) is 4.44. The zero-order valence-corrected chi connectivity index (χ0v) is 13.6. The maximum Gasteiger partial charge on any atom is 0.264 e. The number of hydrogen-bond acceptors (Lipinski definition) is 4. The predicted octanol–water partition coefficient (Wildman–Crippen LogP) is 2.03. The molecule has 0 bridgehead atoms. The molecule has 0 aliphatic carbocycles. The lowest BCUT2D eigenvalue weighted by molar-refractivity contribution is -0.131. The van der Waals surface area contributed by atoms with Gasteiger partial charge in [0.05, 0.1) is 12.1 Å². The Kier molecular flexibility index (Phi) is 3.76. The van der Waals surface area contributed by atoms with E-state index >= 15 is 0 Å². The predicted molar refractivity (Wildman–Crippen MR) is 93.5 cm³/mol. The van der Waals surface area contributed by atoms with Gasteiger partial charge in [-0.15, -0.1) is 0 Å². The summed E-state index contributed by atoms with van der Waals surface area (Å²) in [5, 5.41) is 5.67. The summed E-state index contributed by atoms with van der Waals surface area (Å²) >= 11 is 5.95. The summed E-state index contributed by atoms with van der Waals surface area (Å²) in [6.07, 6.45) is 0.990. The van der Waals surface area contributed by atoms with Crippen LogP contribution in [0.15, 0.2) is 60.7 Å². The van der Waals surface area contributed by atoms with Crippen LogP contribution >= 0.6 is 11.6 Å². The fourth-order valence-corrected chi connectivity index (χ4v) is 3.41. The van der Waals surface area contributed by atoms with E-state index in [1.54, 1.807) is 11.1 Å². The number of nitrogens with zero attached hydrogens (tertiary/aromatic N) is 1. The van der Waals surface area contributed by atoms with Crippen LogP contribution in [-0.2, 0) is 4.79 Å². The molecular weight excluding hydrogens is 324 g/mol. The van der Waals surface area contributed by atoms with Crippen molar-refractivity contribution in [2.75, 3.05) is 0 Å². The first kappa shape index (κ1) is 15.2. The van der Waals surface area contributed by atoms with Crippen molar-refractivity contribution in [3.63, 3.8) is 0 Å². The molecule has 0 radical (unpaired) electrons. The average molecular weight is 341 g/mol. The highest BCUT2D eigenvalue weighted by Crippen LogP contribution is 2.33. The molecule has 122 valence electrons. The van der Waals surface area contributed by atoms with Crippen molar-refractivity contribution < 1.29 is 4.79 Å². The van der Waals surface area contributed by atoms with Crippen molar-refractivity contribution in [2.45, 2.75) is 18.2 Å². The third kappa shape index (κ3) is 2.57. The van der Waals surface area contributed by atoms with Crippen molar-refractivity contribution in [1.82, 2.24) is 15.8 Å². The van der Waals surface area contributed by atoms with Crippen LogP contribution in [0.25, 0.3) is 5.70 Å². The molecule has 2 aromatic carbocycles. The van der Waals surface area contributed by atoms with Crippen LogP contribution in [0.1, 0.15) is 17.0 Å². The Morgan fingerprint density at radius 2 is 1.75 bits per heavy atom. The Bertz CT molecular complexity index is 790. The van der Waals surface area contributed by atoms with Crippen LogP contribution in [0.3, 0.4) is 0 Å². The molecule has 1 amide bonds. The summed E-state index contributed by atoms with van der Waals surface area (Å²) in [6.45, 7) is 0. The number of nitrogens with two attached hydrogens (primary N) is 1. The molecule has 5 nitrogen and oxygen atoms in total. The fraction of sp³-hybridized carbons (Fsp3) is 0.167. The summed E-state index contributed by atoms with van der Waals surface area (Å²) < 4.78 is 0. The average Bonchev–Trinajstić information content (AvgIpc) is 2.93. The van der Waals surface area contributed by atoms with Gasteiger partial charge >= 0.3 is 0 Å². The molecule has 4 N–H and O–H groups in total. The van der Waals surface area contributed by atoms with Crippen LogP contribution in [0, 0.1) is 0 Å². The normalized spacial score (nSPS) is 25.9. The molecule has 6 heteroatoms. The summed E-state index contributed by atoms with van der Waals surface area (Å²) in [5.41, 5.74) is 12.1. The number of hydrogen-bond donors (Lipinski definition) is 3. The van der Waals surface area contributed by atoms with E-state index in [-0.39, 0.29) is 24.2 Å². The maximum absolute atomic E-state index is 12.5. The summed E-state index contributed by atoms with van der Waals surface area (Å²) in [4.78, 5) is 12.5. The zero-order chi connectivity index (χ0) is 16.7. The first-order valence-electron chi connectivity index (χ1n) is 7.77. The Labute approximate surface area is 145 Å². The zero-order valence-electron chi connectivity index (χ0n) is 12.8. The monoisotopic (exact) mass is 340 g/mol. The first-order valence-corrected chi connectivity index (χ1v) is 8.15. The minimum atomic E-state index is -0.341. The number of hydrazine groups is 1.